The first kappa shape index (κ1) is 10.4. The van der Waals surface area contributed by atoms with E-state index in [1.54, 1.807) is 13.3 Å². The summed E-state index contributed by atoms with van der Waals surface area (Å²) in [7, 11) is 1.64. The lowest BCUT2D eigenvalue weighted by atomic mass is 10.2. The highest BCUT2D eigenvalue weighted by Crippen LogP contribution is 2.14. The van der Waals surface area contributed by atoms with E-state index in [0.29, 0.717) is 11.9 Å². The summed E-state index contributed by atoms with van der Waals surface area (Å²) in [4.78, 5) is 6.44. The minimum atomic E-state index is 0.341. The number of hydrogen-bond acceptors (Lipinski definition) is 4. The van der Waals surface area contributed by atoms with Crippen LogP contribution in [0, 0.1) is 0 Å². The fraction of sp³-hybridized carbons (Fsp3) is 0.545. The number of methoxy groups -OCH3 is 1. The normalized spacial score (nSPS) is 21.9. The van der Waals surface area contributed by atoms with E-state index in [1.807, 2.05) is 12.1 Å². The molecule has 0 aliphatic carbocycles. The smallest absolute Gasteiger partial charge is 0.213 e. The van der Waals surface area contributed by atoms with Gasteiger partial charge >= 0.3 is 0 Å². The molecule has 1 atom stereocenters. The standard InChI is InChI=1S/C11H17N3O/c1-15-11-6-9(2-4-13-11)7-14-5-3-10(12)8-14/h2,4,6,10H,3,5,7-8,12H2,1H3. The van der Waals surface area contributed by atoms with E-state index in [0.717, 1.165) is 26.1 Å². The topological polar surface area (TPSA) is 51.4 Å². The molecule has 0 amide bonds. The monoisotopic (exact) mass is 207 g/mol. The van der Waals surface area contributed by atoms with Gasteiger partial charge in [-0.05, 0) is 18.1 Å². The molecule has 1 saturated heterocycles. The molecule has 2 N–H and O–H groups in total. The van der Waals surface area contributed by atoms with Gasteiger partial charge in [0, 0.05) is 37.9 Å². The van der Waals surface area contributed by atoms with Crippen LogP contribution in [0.1, 0.15) is 12.0 Å². The van der Waals surface area contributed by atoms with Crippen LogP contribution in [0.5, 0.6) is 5.88 Å². The number of likely N-dealkylation sites (tertiary alicyclic amines) is 1. The summed E-state index contributed by atoms with van der Waals surface area (Å²) in [6.07, 6.45) is 2.88. The number of pyridine rings is 1. The summed E-state index contributed by atoms with van der Waals surface area (Å²) in [6.45, 7) is 3.02. The molecule has 0 bridgehead atoms. The predicted octanol–water partition coefficient (Wildman–Crippen LogP) is 0.623. The molecule has 4 nitrogen and oxygen atoms in total. The third-order valence-corrected chi connectivity index (χ3v) is 2.72. The van der Waals surface area contributed by atoms with Crippen molar-refractivity contribution in [2.24, 2.45) is 5.73 Å². The van der Waals surface area contributed by atoms with Crippen LogP contribution in [-0.4, -0.2) is 36.1 Å². The summed E-state index contributed by atoms with van der Waals surface area (Å²) in [6, 6.07) is 4.34. The van der Waals surface area contributed by atoms with Crippen molar-refractivity contribution in [1.82, 2.24) is 9.88 Å². The van der Waals surface area contributed by atoms with Crippen molar-refractivity contribution in [1.29, 1.82) is 0 Å². The Bertz CT molecular complexity index is 329. The lowest BCUT2D eigenvalue weighted by Crippen LogP contribution is -2.26. The Kier molecular flexibility index (Phi) is 3.18. The molecule has 4 heteroatoms. The second-order valence-electron chi connectivity index (χ2n) is 3.99. The molecule has 1 aliphatic heterocycles. The summed E-state index contributed by atoms with van der Waals surface area (Å²) in [5, 5.41) is 0. The van der Waals surface area contributed by atoms with Crippen LogP contribution in [-0.2, 0) is 6.54 Å². The van der Waals surface area contributed by atoms with Crippen LogP contribution < -0.4 is 10.5 Å². The molecule has 1 unspecified atom stereocenters. The molecular weight excluding hydrogens is 190 g/mol. The molecular formula is C11H17N3O. The minimum absolute atomic E-state index is 0.341. The molecule has 82 valence electrons. The van der Waals surface area contributed by atoms with Crippen LogP contribution in [0.15, 0.2) is 18.3 Å². The molecule has 1 fully saturated rings. The Morgan fingerprint density at radius 1 is 1.67 bits per heavy atom. The maximum Gasteiger partial charge on any atom is 0.213 e. The quantitative estimate of drug-likeness (QED) is 0.789. The maximum absolute atomic E-state index is 5.86. The van der Waals surface area contributed by atoms with Crippen molar-refractivity contribution >= 4 is 0 Å². The van der Waals surface area contributed by atoms with Gasteiger partial charge in [0.1, 0.15) is 0 Å². The largest absolute Gasteiger partial charge is 0.481 e. The SMILES string of the molecule is COc1cc(CN2CCC(N)C2)ccn1. The van der Waals surface area contributed by atoms with Gasteiger partial charge in [-0.15, -0.1) is 0 Å². The average molecular weight is 207 g/mol. The molecule has 0 spiro atoms. The van der Waals surface area contributed by atoms with Crippen molar-refractivity contribution in [3.05, 3.63) is 23.9 Å². The van der Waals surface area contributed by atoms with Gasteiger partial charge < -0.3 is 10.5 Å². The van der Waals surface area contributed by atoms with E-state index in [2.05, 4.69) is 9.88 Å². The predicted molar refractivity (Wildman–Crippen MR) is 58.7 cm³/mol. The fourth-order valence-corrected chi connectivity index (χ4v) is 1.92. The van der Waals surface area contributed by atoms with Gasteiger partial charge in [0.25, 0.3) is 0 Å². The van der Waals surface area contributed by atoms with Crippen molar-refractivity contribution in [3.8, 4) is 5.88 Å². The first-order chi connectivity index (χ1) is 7.28. The minimum Gasteiger partial charge on any atom is -0.481 e. The Morgan fingerprint density at radius 3 is 3.20 bits per heavy atom. The number of nitrogens with zero attached hydrogens (tertiary/aromatic N) is 2. The van der Waals surface area contributed by atoms with Gasteiger partial charge in [-0.2, -0.15) is 0 Å². The first-order valence-electron chi connectivity index (χ1n) is 5.25. The number of hydrogen-bond donors (Lipinski definition) is 1. The summed E-state index contributed by atoms with van der Waals surface area (Å²) in [5.74, 6) is 0.677. The zero-order chi connectivity index (χ0) is 10.7. The second-order valence-corrected chi connectivity index (χ2v) is 3.99. The van der Waals surface area contributed by atoms with Crippen molar-refractivity contribution < 1.29 is 4.74 Å². The molecule has 2 heterocycles. The van der Waals surface area contributed by atoms with Crippen LogP contribution in [0.2, 0.25) is 0 Å². The van der Waals surface area contributed by atoms with Gasteiger partial charge in [0.15, 0.2) is 0 Å². The Labute approximate surface area is 90.0 Å². The molecule has 0 saturated carbocycles. The van der Waals surface area contributed by atoms with Crippen LogP contribution >= 0.6 is 0 Å². The van der Waals surface area contributed by atoms with Crippen molar-refractivity contribution in [2.45, 2.75) is 19.0 Å². The third kappa shape index (κ3) is 2.67. The second kappa shape index (κ2) is 4.59. The number of rotatable bonds is 3. The first-order valence-corrected chi connectivity index (χ1v) is 5.25. The van der Waals surface area contributed by atoms with E-state index in [-0.39, 0.29) is 0 Å². The third-order valence-electron chi connectivity index (χ3n) is 2.72. The number of aromatic nitrogens is 1. The molecule has 1 aromatic rings. The molecule has 2 rings (SSSR count). The van der Waals surface area contributed by atoms with Gasteiger partial charge in [-0.3, -0.25) is 4.90 Å². The Morgan fingerprint density at radius 2 is 2.53 bits per heavy atom. The van der Waals surface area contributed by atoms with Crippen molar-refractivity contribution in [2.75, 3.05) is 20.2 Å². The Balaban J connectivity index is 1.98. The van der Waals surface area contributed by atoms with Crippen LogP contribution in [0.25, 0.3) is 0 Å². The summed E-state index contributed by atoms with van der Waals surface area (Å²) < 4.78 is 5.09. The highest BCUT2D eigenvalue weighted by Gasteiger charge is 2.18. The van der Waals surface area contributed by atoms with Gasteiger partial charge in [0.2, 0.25) is 5.88 Å². The summed E-state index contributed by atoms with van der Waals surface area (Å²) >= 11 is 0. The van der Waals surface area contributed by atoms with Gasteiger partial charge in [-0.25, -0.2) is 4.98 Å². The van der Waals surface area contributed by atoms with Crippen LogP contribution in [0.3, 0.4) is 0 Å². The van der Waals surface area contributed by atoms with Crippen LogP contribution in [0.4, 0.5) is 0 Å². The highest BCUT2D eigenvalue weighted by atomic mass is 16.5. The van der Waals surface area contributed by atoms with E-state index in [4.69, 9.17) is 10.5 Å². The average Bonchev–Trinajstić information content (AvgIpc) is 2.64. The molecule has 0 radical (unpaired) electrons. The van der Waals surface area contributed by atoms with E-state index in [1.165, 1.54) is 5.56 Å². The zero-order valence-corrected chi connectivity index (χ0v) is 9.02. The van der Waals surface area contributed by atoms with E-state index in [9.17, 15) is 0 Å². The van der Waals surface area contributed by atoms with Gasteiger partial charge in [0.05, 0.1) is 7.11 Å². The maximum atomic E-state index is 5.86. The Hall–Kier alpha value is -1.13. The van der Waals surface area contributed by atoms with Gasteiger partial charge in [-0.1, -0.05) is 0 Å². The molecule has 0 aromatic carbocycles. The van der Waals surface area contributed by atoms with E-state index < -0.39 is 0 Å². The van der Waals surface area contributed by atoms with E-state index >= 15 is 0 Å². The summed E-state index contributed by atoms with van der Waals surface area (Å²) in [5.41, 5.74) is 7.09. The molecule has 1 aliphatic rings. The highest BCUT2D eigenvalue weighted by molar-refractivity contribution is 5.20. The number of nitrogens with two attached hydrogens (primary N) is 1. The fourth-order valence-electron chi connectivity index (χ4n) is 1.92. The number of ether oxygens (including phenoxy) is 1. The lowest BCUT2D eigenvalue weighted by molar-refractivity contribution is 0.325. The molecule has 15 heavy (non-hydrogen) atoms. The van der Waals surface area contributed by atoms with Crippen molar-refractivity contribution in [3.63, 3.8) is 0 Å². The zero-order valence-electron chi connectivity index (χ0n) is 9.02. The lowest BCUT2D eigenvalue weighted by Gasteiger charge is -2.15. The molecule has 1 aromatic heterocycles.